The molecule has 0 amide bonds. The predicted molar refractivity (Wildman–Crippen MR) is 80.2 cm³/mol. The van der Waals surface area contributed by atoms with E-state index in [1.54, 1.807) is 6.07 Å². The van der Waals surface area contributed by atoms with Gasteiger partial charge in [-0.3, -0.25) is 4.98 Å². The fraction of sp³-hybridized carbons (Fsp3) is 0.353. The molecule has 0 fully saturated rings. The Bertz CT molecular complexity index is 564. The highest BCUT2D eigenvalue weighted by molar-refractivity contribution is 5.29. The number of nitrogens with one attached hydrogen (secondary N) is 1. The molecule has 2 nitrogen and oxygen atoms in total. The van der Waals surface area contributed by atoms with E-state index in [0.29, 0.717) is 0 Å². The first-order valence-corrected chi connectivity index (χ1v) is 7.01. The fourth-order valence-electron chi connectivity index (χ4n) is 2.32. The van der Waals surface area contributed by atoms with E-state index >= 15 is 0 Å². The van der Waals surface area contributed by atoms with Gasteiger partial charge in [0.2, 0.25) is 0 Å². The van der Waals surface area contributed by atoms with Gasteiger partial charge < -0.3 is 5.32 Å². The van der Waals surface area contributed by atoms with E-state index in [4.69, 9.17) is 0 Å². The molecule has 106 valence electrons. The van der Waals surface area contributed by atoms with E-state index in [2.05, 4.69) is 23.3 Å². The van der Waals surface area contributed by atoms with Gasteiger partial charge in [-0.15, -0.1) is 0 Å². The van der Waals surface area contributed by atoms with E-state index in [-0.39, 0.29) is 11.9 Å². The van der Waals surface area contributed by atoms with Crippen molar-refractivity contribution >= 4 is 0 Å². The molecule has 0 saturated carbocycles. The van der Waals surface area contributed by atoms with Gasteiger partial charge in [0.1, 0.15) is 5.82 Å². The van der Waals surface area contributed by atoms with Gasteiger partial charge >= 0.3 is 0 Å². The summed E-state index contributed by atoms with van der Waals surface area (Å²) >= 11 is 0. The molecule has 1 atom stereocenters. The molecule has 3 heteroatoms. The van der Waals surface area contributed by atoms with Crippen LogP contribution in [0.1, 0.15) is 35.3 Å². The van der Waals surface area contributed by atoms with Crippen molar-refractivity contribution in [1.82, 2.24) is 10.3 Å². The van der Waals surface area contributed by atoms with Gasteiger partial charge in [0.05, 0.1) is 0 Å². The minimum Gasteiger partial charge on any atom is -0.310 e. The first-order valence-electron chi connectivity index (χ1n) is 7.01. The third-order valence-corrected chi connectivity index (χ3v) is 3.52. The number of hydrogen-bond donors (Lipinski definition) is 1. The number of likely N-dealkylation sites (N-methyl/N-ethyl adjacent to an activating group) is 1. The lowest BCUT2D eigenvalue weighted by atomic mass is 9.96. The molecule has 0 aliphatic carbocycles. The fourth-order valence-corrected chi connectivity index (χ4v) is 2.32. The van der Waals surface area contributed by atoms with Gasteiger partial charge in [0, 0.05) is 17.9 Å². The number of aromatic nitrogens is 1. The summed E-state index contributed by atoms with van der Waals surface area (Å²) < 4.78 is 13.4. The van der Waals surface area contributed by atoms with Crippen LogP contribution >= 0.6 is 0 Å². The molecule has 1 aromatic carbocycles. The number of rotatable bonds is 5. The second-order valence-electron chi connectivity index (χ2n) is 5.12. The highest BCUT2D eigenvalue weighted by Gasteiger charge is 2.13. The number of pyridine rings is 1. The quantitative estimate of drug-likeness (QED) is 0.897. The molecule has 0 saturated heterocycles. The SMILES string of the molecule is CCNC(Cc1cc(F)ccc1C)c1ccc(C)nc1. The van der Waals surface area contributed by atoms with Crippen molar-refractivity contribution in [3.8, 4) is 0 Å². The topological polar surface area (TPSA) is 24.9 Å². The van der Waals surface area contributed by atoms with Crippen LogP contribution in [0.3, 0.4) is 0 Å². The molecule has 0 spiro atoms. The van der Waals surface area contributed by atoms with Crippen LogP contribution in [-0.4, -0.2) is 11.5 Å². The van der Waals surface area contributed by atoms with Crippen LogP contribution in [0.4, 0.5) is 4.39 Å². The summed E-state index contributed by atoms with van der Waals surface area (Å²) in [6, 6.07) is 9.23. The van der Waals surface area contributed by atoms with E-state index in [9.17, 15) is 4.39 Å². The molecule has 1 aromatic heterocycles. The molecule has 0 radical (unpaired) electrons. The van der Waals surface area contributed by atoms with Crippen LogP contribution in [0.2, 0.25) is 0 Å². The minimum absolute atomic E-state index is 0.161. The molecule has 1 unspecified atom stereocenters. The van der Waals surface area contributed by atoms with Gasteiger partial charge in [0.15, 0.2) is 0 Å². The molecular weight excluding hydrogens is 251 g/mol. The zero-order valence-electron chi connectivity index (χ0n) is 12.3. The number of halogens is 1. The van der Waals surface area contributed by atoms with Crippen LogP contribution in [0, 0.1) is 19.7 Å². The van der Waals surface area contributed by atoms with Gasteiger partial charge in [-0.05, 0) is 61.7 Å². The summed E-state index contributed by atoms with van der Waals surface area (Å²) in [4.78, 5) is 4.35. The zero-order valence-corrected chi connectivity index (χ0v) is 12.3. The Morgan fingerprint density at radius 1 is 1.20 bits per heavy atom. The van der Waals surface area contributed by atoms with Crippen molar-refractivity contribution in [3.63, 3.8) is 0 Å². The number of benzene rings is 1. The highest BCUT2D eigenvalue weighted by atomic mass is 19.1. The molecule has 0 aliphatic rings. The molecule has 2 rings (SSSR count). The van der Waals surface area contributed by atoms with Crippen molar-refractivity contribution in [2.75, 3.05) is 6.54 Å². The van der Waals surface area contributed by atoms with Crippen LogP contribution in [0.25, 0.3) is 0 Å². The average Bonchev–Trinajstić information content (AvgIpc) is 2.43. The van der Waals surface area contributed by atoms with Gasteiger partial charge in [-0.25, -0.2) is 4.39 Å². The number of aryl methyl sites for hydroxylation is 2. The number of hydrogen-bond acceptors (Lipinski definition) is 2. The monoisotopic (exact) mass is 272 g/mol. The normalized spacial score (nSPS) is 12.4. The summed E-state index contributed by atoms with van der Waals surface area (Å²) in [7, 11) is 0. The van der Waals surface area contributed by atoms with Crippen molar-refractivity contribution < 1.29 is 4.39 Å². The Hall–Kier alpha value is -1.74. The molecular formula is C17H21FN2. The Labute approximate surface area is 120 Å². The predicted octanol–water partition coefficient (Wildman–Crippen LogP) is 3.73. The molecule has 20 heavy (non-hydrogen) atoms. The Kier molecular flexibility index (Phi) is 4.85. The lowest BCUT2D eigenvalue weighted by molar-refractivity contribution is 0.543. The highest BCUT2D eigenvalue weighted by Crippen LogP contribution is 2.21. The van der Waals surface area contributed by atoms with E-state index < -0.39 is 0 Å². The number of nitrogens with zero attached hydrogens (tertiary/aromatic N) is 1. The van der Waals surface area contributed by atoms with Crippen LogP contribution in [-0.2, 0) is 6.42 Å². The van der Waals surface area contributed by atoms with Crippen LogP contribution in [0.5, 0.6) is 0 Å². The smallest absolute Gasteiger partial charge is 0.123 e. The van der Waals surface area contributed by atoms with E-state index in [1.165, 1.54) is 6.07 Å². The molecule has 1 heterocycles. The maximum atomic E-state index is 13.4. The molecule has 2 aromatic rings. The van der Waals surface area contributed by atoms with E-state index in [0.717, 1.165) is 35.3 Å². The first kappa shape index (κ1) is 14.7. The first-order chi connectivity index (χ1) is 9.60. The standard InChI is InChI=1S/C17H21FN2/c1-4-19-17(14-7-6-13(3)20-11-14)10-15-9-16(18)8-5-12(15)2/h5-9,11,17,19H,4,10H2,1-3H3. The third kappa shape index (κ3) is 3.64. The molecule has 1 N–H and O–H groups in total. The Morgan fingerprint density at radius 2 is 2.00 bits per heavy atom. The summed E-state index contributed by atoms with van der Waals surface area (Å²) in [6.45, 7) is 6.94. The Balaban J connectivity index is 2.25. The van der Waals surface area contributed by atoms with Gasteiger partial charge in [-0.2, -0.15) is 0 Å². The Morgan fingerprint density at radius 3 is 2.65 bits per heavy atom. The zero-order chi connectivity index (χ0) is 14.5. The summed E-state index contributed by atoms with van der Waals surface area (Å²) in [6.07, 6.45) is 2.67. The molecule has 0 bridgehead atoms. The summed E-state index contributed by atoms with van der Waals surface area (Å²) in [5.41, 5.74) is 4.30. The van der Waals surface area contributed by atoms with Gasteiger partial charge in [-0.1, -0.05) is 19.1 Å². The van der Waals surface area contributed by atoms with Gasteiger partial charge in [0.25, 0.3) is 0 Å². The van der Waals surface area contributed by atoms with Crippen molar-refractivity contribution in [2.24, 2.45) is 0 Å². The lowest BCUT2D eigenvalue weighted by Crippen LogP contribution is -2.23. The van der Waals surface area contributed by atoms with Crippen molar-refractivity contribution in [1.29, 1.82) is 0 Å². The third-order valence-electron chi connectivity index (χ3n) is 3.52. The second kappa shape index (κ2) is 6.62. The summed E-state index contributed by atoms with van der Waals surface area (Å²) in [5, 5.41) is 3.45. The average molecular weight is 272 g/mol. The van der Waals surface area contributed by atoms with Crippen LogP contribution in [0.15, 0.2) is 36.5 Å². The summed E-state index contributed by atoms with van der Waals surface area (Å²) in [5.74, 6) is -0.178. The minimum atomic E-state index is -0.178. The van der Waals surface area contributed by atoms with E-state index in [1.807, 2.05) is 32.2 Å². The second-order valence-corrected chi connectivity index (χ2v) is 5.12. The largest absolute Gasteiger partial charge is 0.310 e. The maximum absolute atomic E-state index is 13.4. The van der Waals surface area contributed by atoms with Crippen LogP contribution < -0.4 is 5.32 Å². The van der Waals surface area contributed by atoms with Crippen molar-refractivity contribution in [2.45, 2.75) is 33.2 Å². The molecule has 0 aliphatic heterocycles. The lowest BCUT2D eigenvalue weighted by Gasteiger charge is -2.19. The van der Waals surface area contributed by atoms with Crippen molar-refractivity contribution in [3.05, 3.63) is 64.7 Å². The maximum Gasteiger partial charge on any atom is 0.123 e.